The summed E-state index contributed by atoms with van der Waals surface area (Å²) in [6.07, 6.45) is 10.1. The molecule has 0 atom stereocenters. The molecule has 2 aromatic rings. The Kier molecular flexibility index (Phi) is 8.48. The Balaban J connectivity index is 0.000000192. The van der Waals surface area contributed by atoms with Crippen LogP contribution in [-0.2, 0) is 9.53 Å². The zero-order valence-electron chi connectivity index (χ0n) is 22.1. The highest BCUT2D eigenvalue weighted by atomic mass is 16.7. The van der Waals surface area contributed by atoms with Crippen molar-refractivity contribution in [2.24, 2.45) is 5.84 Å². The smallest absolute Gasteiger partial charge is 0.293 e. The minimum atomic E-state index is -0.367. The number of nitrogens with two attached hydrogens (primary N) is 1. The molecule has 1 aliphatic heterocycles. The largest absolute Gasteiger partial charge is 0.454 e. The number of aryl methyl sites for hydroxylation is 1. The van der Waals surface area contributed by atoms with E-state index in [1.807, 2.05) is 31.2 Å². The topological polar surface area (TPSA) is 117 Å². The highest BCUT2D eigenvalue weighted by Crippen LogP contribution is 2.39. The van der Waals surface area contributed by atoms with Crippen LogP contribution in [0.25, 0.3) is 6.08 Å². The number of hydrogen-bond donors (Lipinski definition) is 1. The highest BCUT2D eigenvalue weighted by Gasteiger charge is 2.38. The molecule has 9 nitrogen and oxygen atoms in total. The van der Waals surface area contributed by atoms with Crippen molar-refractivity contribution in [3.63, 3.8) is 0 Å². The molecule has 0 radical (unpaired) electrons. The van der Waals surface area contributed by atoms with Crippen LogP contribution in [0.15, 0.2) is 54.1 Å². The summed E-state index contributed by atoms with van der Waals surface area (Å²) in [5, 5.41) is 12.9. The molecule has 2 aromatic carbocycles. The van der Waals surface area contributed by atoms with Crippen molar-refractivity contribution in [3.8, 4) is 11.5 Å². The second-order valence-corrected chi connectivity index (χ2v) is 10.1. The number of carbonyl (C=O) groups excluding carboxylic acids is 1. The Bertz CT molecular complexity index is 1250. The summed E-state index contributed by atoms with van der Waals surface area (Å²) >= 11 is 0. The number of allylic oxidation sites excluding steroid dienone is 3. The van der Waals surface area contributed by atoms with Crippen LogP contribution in [0, 0.1) is 17.0 Å². The molecule has 0 amide bonds. The van der Waals surface area contributed by atoms with Crippen molar-refractivity contribution in [2.45, 2.75) is 64.5 Å². The van der Waals surface area contributed by atoms with Gasteiger partial charge in [0, 0.05) is 18.2 Å². The van der Waals surface area contributed by atoms with Gasteiger partial charge in [0.05, 0.1) is 16.6 Å². The fraction of sp³-hybridized carbons (Fsp3) is 0.414. The molecule has 202 valence electrons. The number of nitro groups is 1. The maximum absolute atomic E-state index is 11.3. The number of anilines is 1. The molecule has 1 fully saturated rings. The van der Waals surface area contributed by atoms with Gasteiger partial charge < -0.3 is 14.2 Å². The first-order valence-corrected chi connectivity index (χ1v) is 13.0. The third kappa shape index (κ3) is 6.23. The van der Waals surface area contributed by atoms with Crippen LogP contribution in [-0.4, -0.2) is 35.7 Å². The van der Waals surface area contributed by atoms with Crippen LogP contribution in [0.5, 0.6) is 11.5 Å². The van der Waals surface area contributed by atoms with Crippen molar-refractivity contribution >= 4 is 23.2 Å². The van der Waals surface area contributed by atoms with E-state index in [0.717, 1.165) is 66.9 Å². The van der Waals surface area contributed by atoms with Crippen molar-refractivity contribution in [2.75, 3.05) is 18.4 Å². The van der Waals surface area contributed by atoms with Crippen molar-refractivity contribution in [1.82, 2.24) is 0 Å². The van der Waals surface area contributed by atoms with Crippen LogP contribution in [0.3, 0.4) is 0 Å². The average Bonchev–Trinajstić information content (AvgIpc) is 3.38. The SMILES string of the molecule is CCCOC1CCC(C)(N(N)c2cc(C)ccc2[N+](=O)[O-])CC1.O=C1C=CC1=Cc1ccc2c(c1)OCO2. The monoisotopic (exact) mass is 521 g/mol. The number of rotatable bonds is 7. The number of hydrogen-bond acceptors (Lipinski definition) is 8. The summed E-state index contributed by atoms with van der Waals surface area (Å²) < 4.78 is 16.3. The van der Waals surface area contributed by atoms with E-state index in [-0.39, 0.29) is 34.8 Å². The molecule has 2 N–H and O–H groups in total. The Morgan fingerprint density at radius 3 is 2.53 bits per heavy atom. The summed E-state index contributed by atoms with van der Waals surface area (Å²) in [7, 11) is 0. The second kappa shape index (κ2) is 11.8. The Hall–Kier alpha value is -3.69. The van der Waals surface area contributed by atoms with Gasteiger partial charge in [-0.3, -0.25) is 19.9 Å². The molecule has 1 heterocycles. The third-order valence-corrected chi connectivity index (χ3v) is 7.15. The second-order valence-electron chi connectivity index (χ2n) is 10.1. The van der Waals surface area contributed by atoms with Gasteiger partial charge in [0.25, 0.3) is 5.69 Å². The number of ether oxygens (including phenoxy) is 3. The molecule has 38 heavy (non-hydrogen) atoms. The quantitative estimate of drug-likeness (QED) is 0.215. The normalized spacial score (nSPS) is 22.5. The lowest BCUT2D eigenvalue weighted by molar-refractivity contribution is -0.384. The zero-order chi connectivity index (χ0) is 27.3. The van der Waals surface area contributed by atoms with Crippen LogP contribution in [0.4, 0.5) is 11.4 Å². The molecule has 2 aliphatic carbocycles. The van der Waals surface area contributed by atoms with Crippen molar-refractivity contribution in [3.05, 3.63) is 75.4 Å². The maximum Gasteiger partial charge on any atom is 0.293 e. The first kappa shape index (κ1) is 27.3. The van der Waals surface area contributed by atoms with Gasteiger partial charge in [-0.1, -0.05) is 19.1 Å². The summed E-state index contributed by atoms with van der Waals surface area (Å²) in [6.45, 7) is 7.16. The third-order valence-electron chi connectivity index (χ3n) is 7.15. The van der Waals surface area contributed by atoms with Crippen molar-refractivity contribution < 1.29 is 23.9 Å². The fourth-order valence-corrected chi connectivity index (χ4v) is 4.73. The molecule has 5 rings (SSSR count). The summed E-state index contributed by atoms with van der Waals surface area (Å²) in [5.74, 6) is 7.91. The van der Waals surface area contributed by atoms with Gasteiger partial charge in [0.1, 0.15) is 5.69 Å². The minimum absolute atomic E-state index is 0.0590. The molecule has 3 aliphatic rings. The van der Waals surface area contributed by atoms with Crippen LogP contribution in [0.2, 0.25) is 0 Å². The highest BCUT2D eigenvalue weighted by molar-refractivity contribution is 6.16. The maximum atomic E-state index is 11.3. The zero-order valence-corrected chi connectivity index (χ0v) is 22.1. The van der Waals surface area contributed by atoms with Crippen LogP contribution in [0.1, 0.15) is 57.1 Å². The fourth-order valence-electron chi connectivity index (χ4n) is 4.73. The molecule has 0 spiro atoms. The van der Waals surface area contributed by atoms with Gasteiger partial charge in [-0.25, -0.2) is 5.84 Å². The molecule has 0 saturated heterocycles. The number of nitro benzene ring substituents is 1. The van der Waals surface area contributed by atoms with E-state index in [1.165, 1.54) is 6.07 Å². The van der Waals surface area contributed by atoms with Gasteiger partial charge in [-0.2, -0.15) is 0 Å². The van der Waals surface area contributed by atoms with E-state index in [9.17, 15) is 14.9 Å². The molecule has 1 saturated carbocycles. The van der Waals surface area contributed by atoms with E-state index in [4.69, 9.17) is 20.1 Å². The van der Waals surface area contributed by atoms with E-state index in [0.29, 0.717) is 5.69 Å². The van der Waals surface area contributed by atoms with E-state index in [1.54, 1.807) is 29.3 Å². The van der Waals surface area contributed by atoms with E-state index >= 15 is 0 Å². The van der Waals surface area contributed by atoms with E-state index < -0.39 is 0 Å². The predicted molar refractivity (Wildman–Crippen MR) is 146 cm³/mol. The van der Waals surface area contributed by atoms with Crippen LogP contribution < -0.4 is 20.3 Å². The number of carbonyl (C=O) groups is 1. The molecular weight excluding hydrogens is 486 g/mol. The molecular formula is C29H35N3O6. The summed E-state index contributed by atoms with van der Waals surface area (Å²) in [6, 6.07) is 10.7. The average molecular weight is 522 g/mol. The van der Waals surface area contributed by atoms with Gasteiger partial charge in [0.2, 0.25) is 6.79 Å². The number of nitrogens with zero attached hydrogens (tertiary/aromatic N) is 2. The molecule has 9 heteroatoms. The van der Waals surface area contributed by atoms with Gasteiger partial charge in [-0.15, -0.1) is 0 Å². The van der Waals surface area contributed by atoms with Gasteiger partial charge in [0.15, 0.2) is 17.3 Å². The lowest BCUT2D eigenvalue weighted by atomic mass is 9.81. The lowest BCUT2D eigenvalue weighted by Gasteiger charge is -2.44. The molecule has 0 bridgehead atoms. The minimum Gasteiger partial charge on any atom is -0.454 e. The Morgan fingerprint density at radius 2 is 1.89 bits per heavy atom. The first-order chi connectivity index (χ1) is 18.2. The summed E-state index contributed by atoms with van der Waals surface area (Å²) in [5.41, 5.74) is 2.91. The lowest BCUT2D eigenvalue weighted by Crippen LogP contribution is -2.54. The number of hydrazine groups is 1. The van der Waals surface area contributed by atoms with Gasteiger partial charge in [-0.05, 0) is 93.5 Å². The predicted octanol–water partition coefficient (Wildman–Crippen LogP) is 5.65. The summed E-state index contributed by atoms with van der Waals surface area (Å²) in [4.78, 5) is 22.0. The standard InChI is InChI=1S/C17H27N3O3.C12H8O3/c1-4-11-23-14-7-9-17(3,10-8-14)19(18)16-12-13(2)5-6-15(16)20(21)22;13-10-3-2-9(10)5-8-1-4-11-12(6-8)15-7-14-11/h5-6,12,14H,4,7-11,18H2,1-3H3;1-6H,7H2. The molecule has 0 aromatic heterocycles. The van der Waals surface area contributed by atoms with Crippen molar-refractivity contribution in [1.29, 1.82) is 0 Å². The number of ketones is 1. The molecule has 0 unspecified atom stereocenters. The Morgan fingerprint density at radius 1 is 1.16 bits per heavy atom. The van der Waals surface area contributed by atoms with Gasteiger partial charge >= 0.3 is 0 Å². The van der Waals surface area contributed by atoms with E-state index in [2.05, 4.69) is 13.8 Å². The Labute approximate surface area is 223 Å². The number of fused-ring (bicyclic) bond motifs is 1. The van der Waals surface area contributed by atoms with Crippen LogP contribution >= 0.6 is 0 Å². The first-order valence-electron chi connectivity index (χ1n) is 13.0. The number of benzene rings is 2.